The lowest BCUT2D eigenvalue weighted by Gasteiger charge is -2.29. The summed E-state index contributed by atoms with van der Waals surface area (Å²) in [5, 5.41) is 2.90. The van der Waals surface area contributed by atoms with Crippen LogP contribution in [0.1, 0.15) is 46.0 Å². The van der Waals surface area contributed by atoms with Gasteiger partial charge in [0.05, 0.1) is 4.47 Å². The van der Waals surface area contributed by atoms with Crippen molar-refractivity contribution in [2.24, 2.45) is 11.3 Å². The molecule has 1 N–H and O–H groups in total. The van der Waals surface area contributed by atoms with E-state index in [1.54, 1.807) is 12.1 Å². The summed E-state index contributed by atoms with van der Waals surface area (Å²) in [6.07, 6.45) is 4.99. The summed E-state index contributed by atoms with van der Waals surface area (Å²) in [7, 11) is 0. The highest BCUT2D eigenvalue weighted by Gasteiger charge is 2.41. The molecule has 1 aliphatic rings. The molecule has 0 spiro atoms. The smallest absolute Gasteiger partial charge is 0.230 e. The van der Waals surface area contributed by atoms with Crippen LogP contribution < -0.4 is 5.32 Å². The van der Waals surface area contributed by atoms with Crippen molar-refractivity contribution >= 4 is 27.5 Å². The summed E-state index contributed by atoms with van der Waals surface area (Å²) >= 11 is 3.12. The molecule has 4 heteroatoms. The first-order valence-corrected chi connectivity index (χ1v) is 7.99. The van der Waals surface area contributed by atoms with Gasteiger partial charge in [-0.05, 0) is 59.3 Å². The molecule has 1 aliphatic carbocycles. The van der Waals surface area contributed by atoms with E-state index in [0.717, 1.165) is 32.1 Å². The van der Waals surface area contributed by atoms with Crippen LogP contribution in [0.15, 0.2) is 22.7 Å². The van der Waals surface area contributed by atoms with Crippen LogP contribution in [0, 0.1) is 17.2 Å². The van der Waals surface area contributed by atoms with Gasteiger partial charge in [0.25, 0.3) is 0 Å². The molecule has 1 saturated carbocycles. The lowest BCUT2D eigenvalue weighted by atomic mass is 9.77. The number of nitrogens with one attached hydrogen (secondary N) is 1. The lowest BCUT2D eigenvalue weighted by molar-refractivity contribution is -0.126. The molecule has 1 aromatic rings. The van der Waals surface area contributed by atoms with E-state index in [1.165, 1.54) is 6.07 Å². The molecular formula is C16H21BrFNO. The minimum Gasteiger partial charge on any atom is -0.326 e. The van der Waals surface area contributed by atoms with E-state index in [0.29, 0.717) is 16.1 Å². The Morgan fingerprint density at radius 3 is 2.60 bits per heavy atom. The third kappa shape index (κ3) is 3.40. The Bertz CT molecular complexity index is 495. The molecule has 0 radical (unpaired) electrons. The highest BCUT2D eigenvalue weighted by molar-refractivity contribution is 9.10. The number of halogens is 2. The summed E-state index contributed by atoms with van der Waals surface area (Å²) in [6, 6.07) is 4.71. The van der Waals surface area contributed by atoms with Crippen LogP contribution in [0.25, 0.3) is 0 Å². The molecular weight excluding hydrogens is 321 g/mol. The maximum atomic E-state index is 13.5. The highest BCUT2D eigenvalue weighted by Crippen LogP contribution is 2.44. The number of rotatable bonds is 4. The second-order valence-corrected chi connectivity index (χ2v) is 7.02. The third-order valence-corrected chi connectivity index (χ3v) is 4.66. The second kappa shape index (κ2) is 6.25. The van der Waals surface area contributed by atoms with Gasteiger partial charge in [-0.1, -0.05) is 26.7 Å². The monoisotopic (exact) mass is 341 g/mol. The molecule has 0 bridgehead atoms. The maximum Gasteiger partial charge on any atom is 0.230 e. The van der Waals surface area contributed by atoms with Gasteiger partial charge in [-0.3, -0.25) is 4.79 Å². The number of amides is 1. The van der Waals surface area contributed by atoms with Gasteiger partial charge in [-0.2, -0.15) is 0 Å². The SMILES string of the molecule is CC(C)CC1(C(=O)Nc2ccc(Br)c(F)c2)CCCC1. The molecule has 0 heterocycles. The summed E-state index contributed by atoms with van der Waals surface area (Å²) in [4.78, 5) is 12.6. The van der Waals surface area contributed by atoms with E-state index >= 15 is 0 Å². The Labute approximate surface area is 128 Å². The van der Waals surface area contributed by atoms with E-state index in [1.807, 2.05) is 0 Å². The highest BCUT2D eigenvalue weighted by atomic mass is 79.9. The number of carbonyl (C=O) groups is 1. The van der Waals surface area contributed by atoms with E-state index in [2.05, 4.69) is 35.1 Å². The first-order chi connectivity index (χ1) is 9.43. The number of carbonyl (C=O) groups excluding carboxylic acids is 1. The van der Waals surface area contributed by atoms with Gasteiger partial charge in [-0.15, -0.1) is 0 Å². The molecule has 1 aromatic carbocycles. The average Bonchev–Trinajstić information content (AvgIpc) is 2.83. The van der Waals surface area contributed by atoms with Crippen molar-refractivity contribution in [2.75, 3.05) is 5.32 Å². The van der Waals surface area contributed by atoms with E-state index in [-0.39, 0.29) is 17.1 Å². The van der Waals surface area contributed by atoms with Gasteiger partial charge in [-0.25, -0.2) is 4.39 Å². The van der Waals surface area contributed by atoms with Crippen LogP contribution in [0.2, 0.25) is 0 Å². The molecule has 0 aromatic heterocycles. The molecule has 0 aliphatic heterocycles. The minimum absolute atomic E-state index is 0.0467. The standard InChI is InChI=1S/C16H21BrFNO/c1-11(2)10-16(7-3-4-8-16)15(20)19-12-5-6-13(17)14(18)9-12/h5-6,9,11H,3-4,7-8,10H2,1-2H3,(H,19,20). The molecule has 1 amide bonds. The Balaban J connectivity index is 2.14. The summed E-state index contributed by atoms with van der Waals surface area (Å²) in [5.74, 6) is 0.179. The van der Waals surface area contributed by atoms with Gasteiger partial charge in [0.2, 0.25) is 5.91 Å². The Hall–Kier alpha value is -0.900. The normalized spacial score (nSPS) is 17.4. The summed E-state index contributed by atoms with van der Waals surface area (Å²) in [5.41, 5.74) is 0.267. The first kappa shape index (κ1) is 15.5. The van der Waals surface area contributed by atoms with Gasteiger partial charge < -0.3 is 5.32 Å². The fourth-order valence-electron chi connectivity index (χ4n) is 3.19. The molecule has 0 unspecified atom stereocenters. The summed E-state index contributed by atoms with van der Waals surface area (Å²) < 4.78 is 13.9. The molecule has 2 nitrogen and oxygen atoms in total. The first-order valence-electron chi connectivity index (χ1n) is 7.19. The fraction of sp³-hybridized carbons (Fsp3) is 0.562. The number of hydrogen-bond acceptors (Lipinski definition) is 1. The van der Waals surface area contributed by atoms with Crippen LogP contribution in [0.4, 0.5) is 10.1 Å². The molecule has 110 valence electrons. The van der Waals surface area contributed by atoms with E-state index < -0.39 is 0 Å². The fourth-order valence-corrected chi connectivity index (χ4v) is 3.44. The minimum atomic E-state index is -0.355. The van der Waals surface area contributed by atoms with E-state index in [4.69, 9.17) is 0 Å². The van der Waals surface area contributed by atoms with Crippen LogP contribution >= 0.6 is 15.9 Å². The molecule has 20 heavy (non-hydrogen) atoms. The Kier molecular flexibility index (Phi) is 4.84. The zero-order valence-corrected chi connectivity index (χ0v) is 13.6. The topological polar surface area (TPSA) is 29.1 Å². The van der Waals surface area contributed by atoms with Crippen molar-refractivity contribution in [3.05, 3.63) is 28.5 Å². The van der Waals surface area contributed by atoms with Crippen molar-refractivity contribution < 1.29 is 9.18 Å². The number of anilines is 1. The van der Waals surface area contributed by atoms with Gasteiger partial charge in [0, 0.05) is 11.1 Å². The van der Waals surface area contributed by atoms with Crippen molar-refractivity contribution in [1.82, 2.24) is 0 Å². The average molecular weight is 342 g/mol. The Morgan fingerprint density at radius 2 is 2.05 bits per heavy atom. The van der Waals surface area contributed by atoms with Crippen molar-refractivity contribution in [3.63, 3.8) is 0 Å². The summed E-state index contributed by atoms with van der Waals surface area (Å²) in [6.45, 7) is 4.29. The van der Waals surface area contributed by atoms with Crippen molar-refractivity contribution in [3.8, 4) is 0 Å². The number of hydrogen-bond donors (Lipinski definition) is 1. The van der Waals surface area contributed by atoms with Crippen LogP contribution in [-0.2, 0) is 4.79 Å². The quantitative estimate of drug-likeness (QED) is 0.807. The third-order valence-electron chi connectivity index (χ3n) is 4.02. The zero-order valence-electron chi connectivity index (χ0n) is 12.0. The maximum absolute atomic E-state index is 13.5. The van der Waals surface area contributed by atoms with Crippen LogP contribution in [0.3, 0.4) is 0 Å². The van der Waals surface area contributed by atoms with Crippen molar-refractivity contribution in [2.45, 2.75) is 46.0 Å². The van der Waals surface area contributed by atoms with Gasteiger partial charge in [0.1, 0.15) is 5.82 Å². The van der Waals surface area contributed by atoms with E-state index in [9.17, 15) is 9.18 Å². The largest absolute Gasteiger partial charge is 0.326 e. The zero-order chi connectivity index (χ0) is 14.8. The lowest BCUT2D eigenvalue weighted by Crippen LogP contribution is -2.35. The van der Waals surface area contributed by atoms with Crippen LogP contribution in [0.5, 0.6) is 0 Å². The predicted octanol–water partition coefficient (Wildman–Crippen LogP) is 5.13. The number of benzene rings is 1. The Morgan fingerprint density at radius 1 is 1.40 bits per heavy atom. The predicted molar refractivity (Wildman–Crippen MR) is 83.1 cm³/mol. The molecule has 0 saturated heterocycles. The van der Waals surface area contributed by atoms with Gasteiger partial charge in [0.15, 0.2) is 0 Å². The van der Waals surface area contributed by atoms with Gasteiger partial charge >= 0.3 is 0 Å². The second-order valence-electron chi connectivity index (χ2n) is 6.17. The molecule has 0 atom stereocenters. The van der Waals surface area contributed by atoms with Crippen molar-refractivity contribution in [1.29, 1.82) is 0 Å². The molecule has 2 rings (SSSR count). The molecule has 1 fully saturated rings. The van der Waals surface area contributed by atoms with Crippen LogP contribution in [-0.4, -0.2) is 5.91 Å².